The number of halogens is 1. The number of nitrogens with zero attached hydrogens (tertiary/aromatic N) is 2. The molecule has 156 valence electrons. The molecule has 1 aliphatic rings. The molecule has 0 aliphatic carbocycles. The third-order valence-corrected chi connectivity index (χ3v) is 5.84. The Balaban J connectivity index is 1.67. The minimum absolute atomic E-state index is 0.239. The zero-order chi connectivity index (χ0) is 21.0. The molecule has 0 saturated carbocycles. The molecule has 0 spiro atoms. The number of nitrogens with one attached hydrogen (secondary N) is 1. The summed E-state index contributed by atoms with van der Waals surface area (Å²) in [6, 6.07) is 7.62. The third-order valence-electron chi connectivity index (χ3n) is 5.61. The van der Waals surface area contributed by atoms with Crippen molar-refractivity contribution in [2.75, 3.05) is 19.6 Å². The minimum Gasteiger partial charge on any atom is -0.478 e. The number of carbonyl (C=O) groups excluding carboxylic acids is 1. The molecule has 2 aromatic rings. The summed E-state index contributed by atoms with van der Waals surface area (Å²) < 4.78 is 2.04. The van der Waals surface area contributed by atoms with E-state index >= 15 is 0 Å². The van der Waals surface area contributed by atoms with E-state index in [-0.39, 0.29) is 5.91 Å². The molecule has 1 fully saturated rings. The van der Waals surface area contributed by atoms with Gasteiger partial charge in [-0.2, -0.15) is 0 Å². The van der Waals surface area contributed by atoms with E-state index in [9.17, 15) is 14.7 Å². The van der Waals surface area contributed by atoms with Gasteiger partial charge in [-0.05, 0) is 50.9 Å². The number of hydrogen-bond acceptors (Lipinski definition) is 3. The maximum absolute atomic E-state index is 11.9. The molecular weight excluding hydrogens is 390 g/mol. The Bertz CT molecular complexity index is 907. The quantitative estimate of drug-likeness (QED) is 0.611. The lowest BCUT2D eigenvalue weighted by Crippen LogP contribution is -2.28. The van der Waals surface area contributed by atoms with Gasteiger partial charge in [-0.3, -0.25) is 4.79 Å². The van der Waals surface area contributed by atoms with Crippen molar-refractivity contribution in [1.82, 2.24) is 14.8 Å². The highest BCUT2D eigenvalue weighted by molar-refractivity contribution is 6.30. The smallest absolute Gasteiger partial charge is 0.337 e. The van der Waals surface area contributed by atoms with Gasteiger partial charge in [-0.25, -0.2) is 4.79 Å². The molecule has 0 bridgehead atoms. The Kier molecular flexibility index (Phi) is 6.98. The first-order valence-electron chi connectivity index (χ1n) is 10.0. The fraction of sp³-hybridized carbons (Fsp3) is 0.455. The number of benzene rings is 1. The third kappa shape index (κ3) is 5.00. The molecule has 6 nitrogen and oxygen atoms in total. The van der Waals surface area contributed by atoms with Crippen LogP contribution in [0.1, 0.15) is 52.1 Å². The van der Waals surface area contributed by atoms with Crippen LogP contribution in [0, 0.1) is 13.8 Å². The molecule has 0 radical (unpaired) electrons. The van der Waals surface area contributed by atoms with Crippen molar-refractivity contribution in [3.05, 3.63) is 57.4 Å². The minimum atomic E-state index is -0.907. The van der Waals surface area contributed by atoms with Gasteiger partial charge in [0.15, 0.2) is 0 Å². The second-order valence-electron chi connectivity index (χ2n) is 7.56. The van der Waals surface area contributed by atoms with Gasteiger partial charge in [0.25, 0.3) is 0 Å². The summed E-state index contributed by atoms with van der Waals surface area (Å²) in [6.07, 6.45) is 2.47. The lowest BCUT2D eigenvalue weighted by atomic mass is 10.1. The predicted molar refractivity (Wildman–Crippen MR) is 114 cm³/mol. The second kappa shape index (κ2) is 9.46. The van der Waals surface area contributed by atoms with Crippen molar-refractivity contribution in [2.45, 2.75) is 46.2 Å². The largest absolute Gasteiger partial charge is 0.478 e. The Morgan fingerprint density at radius 3 is 2.72 bits per heavy atom. The predicted octanol–water partition coefficient (Wildman–Crippen LogP) is 3.61. The zero-order valence-electron chi connectivity index (χ0n) is 17.0. The number of carboxylic acids is 1. The van der Waals surface area contributed by atoms with Crippen LogP contribution in [0.25, 0.3) is 0 Å². The van der Waals surface area contributed by atoms with Gasteiger partial charge in [-0.15, -0.1) is 0 Å². The van der Waals surface area contributed by atoms with Gasteiger partial charge in [0.2, 0.25) is 5.91 Å². The molecule has 1 saturated heterocycles. The second-order valence-corrected chi connectivity index (χ2v) is 8.00. The van der Waals surface area contributed by atoms with Crippen LogP contribution < -0.4 is 5.32 Å². The molecule has 7 heteroatoms. The molecule has 2 N–H and O–H groups in total. The zero-order valence-corrected chi connectivity index (χ0v) is 17.8. The van der Waals surface area contributed by atoms with Gasteiger partial charge in [0, 0.05) is 54.6 Å². The number of carbonyl (C=O) groups is 2. The van der Waals surface area contributed by atoms with E-state index in [1.807, 2.05) is 47.6 Å². The average molecular weight is 418 g/mol. The number of aromatic nitrogens is 1. The maximum Gasteiger partial charge on any atom is 0.337 e. The molecule has 1 amide bonds. The molecule has 1 aromatic heterocycles. The Labute approximate surface area is 176 Å². The first-order chi connectivity index (χ1) is 13.9. The molecular formula is C22H28ClN3O3. The highest BCUT2D eigenvalue weighted by Crippen LogP contribution is 2.24. The van der Waals surface area contributed by atoms with Gasteiger partial charge in [0.1, 0.15) is 0 Å². The molecule has 1 aromatic carbocycles. The average Bonchev–Trinajstić information content (AvgIpc) is 3.17. The number of aromatic carboxylic acids is 1. The molecule has 29 heavy (non-hydrogen) atoms. The van der Waals surface area contributed by atoms with E-state index in [1.165, 1.54) is 0 Å². The Hall–Kier alpha value is -2.31. The number of hydrogen-bond donors (Lipinski definition) is 2. The van der Waals surface area contributed by atoms with Crippen molar-refractivity contribution < 1.29 is 14.7 Å². The molecule has 0 unspecified atom stereocenters. The number of rotatable bonds is 9. The van der Waals surface area contributed by atoms with Crippen molar-refractivity contribution in [2.24, 2.45) is 0 Å². The van der Waals surface area contributed by atoms with Crippen LogP contribution in [0.5, 0.6) is 0 Å². The highest BCUT2D eigenvalue weighted by Gasteiger charge is 2.23. The number of carboxylic acid groups (broad SMARTS) is 1. The highest BCUT2D eigenvalue weighted by atomic mass is 35.5. The summed E-state index contributed by atoms with van der Waals surface area (Å²) in [5, 5.41) is 13.8. The van der Waals surface area contributed by atoms with Crippen LogP contribution in [0.3, 0.4) is 0 Å². The van der Waals surface area contributed by atoms with Crippen molar-refractivity contribution in [1.29, 1.82) is 0 Å². The number of amides is 1. The van der Waals surface area contributed by atoms with Gasteiger partial charge in [0.05, 0.1) is 5.56 Å². The monoisotopic (exact) mass is 417 g/mol. The standard InChI is InChI=1S/C22H28ClN3O3/c1-15-19(13-24-9-5-11-25-10-4-8-20(25)27)21(22(28)29)16(2)26(15)14-17-6-3-7-18(23)12-17/h3,6-7,12,24H,4-5,8-11,13-14H2,1-2H3,(H,28,29). The van der Waals surface area contributed by atoms with Crippen molar-refractivity contribution in [3.63, 3.8) is 0 Å². The summed E-state index contributed by atoms with van der Waals surface area (Å²) in [5.74, 6) is -0.669. The molecule has 1 aliphatic heterocycles. The van der Waals surface area contributed by atoms with Crippen molar-refractivity contribution in [3.8, 4) is 0 Å². The fourth-order valence-electron chi connectivity index (χ4n) is 4.05. The van der Waals surface area contributed by atoms with Gasteiger partial charge < -0.3 is 19.9 Å². The molecule has 0 atom stereocenters. The first kappa shape index (κ1) is 21.4. The van der Waals surface area contributed by atoms with Crippen LogP contribution in [0.15, 0.2) is 24.3 Å². The van der Waals surface area contributed by atoms with Crippen LogP contribution in [-0.4, -0.2) is 46.1 Å². The maximum atomic E-state index is 11.9. The van der Waals surface area contributed by atoms with E-state index in [0.717, 1.165) is 55.0 Å². The normalized spacial score (nSPS) is 14.0. The van der Waals surface area contributed by atoms with E-state index < -0.39 is 5.97 Å². The topological polar surface area (TPSA) is 74.6 Å². The summed E-state index contributed by atoms with van der Waals surface area (Å²) in [7, 11) is 0. The van der Waals surface area contributed by atoms with Gasteiger partial charge in [-0.1, -0.05) is 23.7 Å². The lowest BCUT2D eigenvalue weighted by Gasteiger charge is -2.15. The van der Waals surface area contributed by atoms with E-state index in [0.29, 0.717) is 30.1 Å². The number of likely N-dealkylation sites (tertiary alicyclic amines) is 1. The molecule has 2 heterocycles. The SMILES string of the molecule is Cc1c(CNCCCN2CCCC2=O)c(C(=O)O)c(C)n1Cc1cccc(Cl)c1. The first-order valence-corrected chi connectivity index (χ1v) is 10.4. The van der Waals surface area contributed by atoms with E-state index in [4.69, 9.17) is 11.6 Å². The van der Waals surface area contributed by atoms with E-state index in [2.05, 4.69) is 5.32 Å². The van der Waals surface area contributed by atoms with Crippen LogP contribution in [0.2, 0.25) is 5.02 Å². The Morgan fingerprint density at radius 1 is 1.28 bits per heavy atom. The van der Waals surface area contributed by atoms with Gasteiger partial charge >= 0.3 is 5.97 Å². The fourth-order valence-corrected chi connectivity index (χ4v) is 4.27. The van der Waals surface area contributed by atoms with Crippen molar-refractivity contribution >= 4 is 23.5 Å². The summed E-state index contributed by atoms with van der Waals surface area (Å²) in [5.41, 5.74) is 3.91. The molecule has 3 rings (SSSR count). The van der Waals surface area contributed by atoms with E-state index in [1.54, 1.807) is 0 Å². The van der Waals surface area contributed by atoms with Crippen LogP contribution in [0.4, 0.5) is 0 Å². The van der Waals surface area contributed by atoms with Crippen LogP contribution in [-0.2, 0) is 17.9 Å². The Morgan fingerprint density at radius 2 is 2.07 bits per heavy atom. The van der Waals surface area contributed by atoms with Crippen LogP contribution >= 0.6 is 11.6 Å². The summed E-state index contributed by atoms with van der Waals surface area (Å²) >= 11 is 6.09. The lowest BCUT2D eigenvalue weighted by molar-refractivity contribution is -0.127. The summed E-state index contributed by atoms with van der Waals surface area (Å²) in [6.45, 7) is 7.23. The summed E-state index contributed by atoms with van der Waals surface area (Å²) in [4.78, 5) is 25.5.